The Morgan fingerprint density at radius 3 is 2.79 bits per heavy atom. The monoisotopic (exact) mass is 547 g/mol. The number of thiazole rings is 1. The van der Waals surface area contributed by atoms with Crippen LogP contribution in [-0.4, -0.2) is 64.0 Å². The fraction of sp³-hybridized carbons (Fsp3) is 0.593. The SMILES string of the molecule is Cn1cc2c(C(=O)NC3CC4(CC(CCN5CCc6nc(OCC(F)(F)F)sc6CC5)C4)C3)cccc2n1. The summed E-state index contributed by atoms with van der Waals surface area (Å²) < 4.78 is 43.8. The van der Waals surface area contributed by atoms with Crippen LogP contribution in [0.3, 0.4) is 0 Å². The second-order valence-electron chi connectivity index (χ2n) is 11.3. The number of ether oxygens (including phenoxy) is 1. The van der Waals surface area contributed by atoms with Gasteiger partial charge in [-0.1, -0.05) is 17.4 Å². The molecule has 3 aromatic rings. The molecule has 1 aliphatic heterocycles. The van der Waals surface area contributed by atoms with Crippen molar-refractivity contribution in [2.45, 2.75) is 57.2 Å². The van der Waals surface area contributed by atoms with Crippen molar-refractivity contribution in [3.8, 4) is 5.19 Å². The summed E-state index contributed by atoms with van der Waals surface area (Å²) in [5, 5.41) is 8.65. The fourth-order valence-electron chi connectivity index (χ4n) is 6.59. The van der Waals surface area contributed by atoms with Gasteiger partial charge in [-0.15, -0.1) is 0 Å². The number of aryl methyl sites for hydroxylation is 1. The Balaban J connectivity index is 0.911. The maximum Gasteiger partial charge on any atom is 0.422 e. The van der Waals surface area contributed by atoms with Gasteiger partial charge in [-0.3, -0.25) is 9.48 Å². The molecule has 6 rings (SSSR count). The lowest BCUT2D eigenvalue weighted by Crippen LogP contribution is -2.56. The minimum Gasteiger partial charge on any atom is -0.460 e. The van der Waals surface area contributed by atoms with Crippen LogP contribution in [0.25, 0.3) is 10.9 Å². The van der Waals surface area contributed by atoms with Gasteiger partial charge in [0.1, 0.15) is 0 Å². The standard InChI is InChI=1S/C27H32F3N5O2S/c1-34-15-20-19(3-2-4-21(20)33-34)24(36)31-18-13-26(14-18)11-17(12-26)5-8-35-9-6-22-23(7-10-35)38-25(32-22)37-16-27(28,29)30/h2-4,15,17-18H,5-14,16H2,1H3,(H,31,36). The lowest BCUT2D eigenvalue weighted by molar-refractivity contribution is -0.153. The molecule has 7 nitrogen and oxygen atoms in total. The molecular weight excluding hydrogens is 515 g/mol. The van der Waals surface area contributed by atoms with E-state index < -0.39 is 12.8 Å². The summed E-state index contributed by atoms with van der Waals surface area (Å²) in [6.45, 7) is 1.54. The number of fused-ring (bicyclic) bond motifs is 2. The van der Waals surface area contributed by atoms with E-state index >= 15 is 0 Å². The van der Waals surface area contributed by atoms with Gasteiger partial charge in [0.25, 0.3) is 11.1 Å². The van der Waals surface area contributed by atoms with Crippen molar-refractivity contribution < 1.29 is 22.7 Å². The molecule has 11 heteroatoms. The maximum absolute atomic E-state index is 12.9. The third-order valence-electron chi connectivity index (χ3n) is 8.34. The van der Waals surface area contributed by atoms with Crippen LogP contribution in [0.2, 0.25) is 0 Å². The van der Waals surface area contributed by atoms with Crippen molar-refractivity contribution >= 4 is 28.1 Å². The third-order valence-corrected chi connectivity index (χ3v) is 9.41. The zero-order chi connectivity index (χ0) is 26.5. The highest BCUT2D eigenvalue weighted by atomic mass is 32.1. The molecule has 2 fully saturated rings. The first-order valence-corrected chi connectivity index (χ1v) is 14.1. The average Bonchev–Trinajstić information content (AvgIpc) is 3.34. The van der Waals surface area contributed by atoms with Gasteiger partial charge in [0.05, 0.1) is 16.8 Å². The molecule has 1 N–H and O–H groups in total. The Morgan fingerprint density at radius 1 is 1.21 bits per heavy atom. The van der Waals surface area contributed by atoms with Crippen molar-refractivity contribution in [1.82, 2.24) is 25.0 Å². The molecule has 1 amide bonds. The second kappa shape index (κ2) is 9.82. The third kappa shape index (κ3) is 5.40. The van der Waals surface area contributed by atoms with E-state index in [9.17, 15) is 18.0 Å². The molecule has 0 unspecified atom stereocenters. The van der Waals surface area contributed by atoms with Crippen LogP contribution in [0.1, 0.15) is 53.0 Å². The number of alkyl halides is 3. The molecule has 0 radical (unpaired) electrons. The molecule has 0 bridgehead atoms. The first-order valence-electron chi connectivity index (χ1n) is 13.3. The quantitative estimate of drug-likeness (QED) is 0.462. The van der Waals surface area contributed by atoms with Gasteiger partial charge < -0.3 is 15.0 Å². The summed E-state index contributed by atoms with van der Waals surface area (Å²) in [4.78, 5) is 20.7. The molecule has 3 aliphatic rings. The van der Waals surface area contributed by atoms with Gasteiger partial charge in [0.2, 0.25) is 0 Å². The number of halogens is 3. The molecule has 38 heavy (non-hydrogen) atoms. The van der Waals surface area contributed by atoms with E-state index in [0.717, 1.165) is 72.7 Å². The number of hydrogen-bond donors (Lipinski definition) is 1. The Morgan fingerprint density at radius 2 is 2.00 bits per heavy atom. The summed E-state index contributed by atoms with van der Waals surface area (Å²) in [5.41, 5.74) is 2.82. The number of carbonyl (C=O) groups excluding carboxylic acids is 1. The Hall–Kier alpha value is -2.66. The number of aromatic nitrogens is 3. The lowest BCUT2D eigenvalue weighted by atomic mass is 9.49. The van der Waals surface area contributed by atoms with Crippen molar-refractivity contribution in [2.75, 3.05) is 26.2 Å². The summed E-state index contributed by atoms with van der Waals surface area (Å²) in [7, 11) is 1.87. The number of benzene rings is 1. The number of carbonyl (C=O) groups is 1. The van der Waals surface area contributed by atoms with E-state index in [0.29, 0.717) is 11.0 Å². The van der Waals surface area contributed by atoms with Gasteiger partial charge in [-0.25, -0.2) is 4.98 Å². The highest BCUT2D eigenvalue weighted by molar-refractivity contribution is 7.13. The lowest BCUT2D eigenvalue weighted by Gasteiger charge is -2.58. The first kappa shape index (κ1) is 25.6. The van der Waals surface area contributed by atoms with Gasteiger partial charge in [0.15, 0.2) is 6.61 Å². The van der Waals surface area contributed by atoms with Gasteiger partial charge >= 0.3 is 6.18 Å². The first-order chi connectivity index (χ1) is 18.1. The predicted octanol–water partition coefficient (Wildman–Crippen LogP) is 4.75. The molecule has 0 atom stereocenters. The molecule has 2 aliphatic carbocycles. The van der Waals surface area contributed by atoms with Crippen LogP contribution in [0.4, 0.5) is 13.2 Å². The minimum atomic E-state index is -4.34. The van der Waals surface area contributed by atoms with Crippen LogP contribution in [0, 0.1) is 11.3 Å². The minimum absolute atomic E-state index is 0.0115. The summed E-state index contributed by atoms with van der Waals surface area (Å²) in [5.74, 6) is 0.719. The normalized spacial score (nSPS) is 25.5. The predicted molar refractivity (Wildman–Crippen MR) is 138 cm³/mol. The summed E-state index contributed by atoms with van der Waals surface area (Å²) in [6.07, 6.45) is 4.88. The largest absolute Gasteiger partial charge is 0.460 e. The number of nitrogens with zero attached hydrogens (tertiary/aromatic N) is 4. The molecule has 1 spiro atoms. The smallest absolute Gasteiger partial charge is 0.422 e. The zero-order valence-corrected chi connectivity index (χ0v) is 22.2. The molecule has 2 saturated carbocycles. The van der Waals surface area contributed by atoms with Gasteiger partial charge in [-0.05, 0) is 68.5 Å². The van der Waals surface area contributed by atoms with Gasteiger partial charge in [-0.2, -0.15) is 18.3 Å². The van der Waals surface area contributed by atoms with Crippen molar-refractivity contribution in [2.24, 2.45) is 18.4 Å². The second-order valence-corrected chi connectivity index (χ2v) is 12.3. The van der Waals surface area contributed by atoms with Gasteiger partial charge in [0, 0.05) is 49.1 Å². The fourth-order valence-corrected chi connectivity index (χ4v) is 7.54. The maximum atomic E-state index is 12.9. The van der Waals surface area contributed by atoms with Crippen molar-refractivity contribution in [1.29, 1.82) is 0 Å². The van der Waals surface area contributed by atoms with Crippen LogP contribution in [0.5, 0.6) is 5.19 Å². The van der Waals surface area contributed by atoms with E-state index in [4.69, 9.17) is 4.74 Å². The van der Waals surface area contributed by atoms with E-state index in [1.165, 1.54) is 30.6 Å². The van der Waals surface area contributed by atoms with Crippen LogP contribution >= 0.6 is 11.3 Å². The Labute approximate surface area is 223 Å². The highest BCUT2D eigenvalue weighted by Crippen LogP contribution is 2.59. The summed E-state index contributed by atoms with van der Waals surface area (Å²) in [6, 6.07) is 5.92. The van der Waals surface area contributed by atoms with E-state index in [-0.39, 0.29) is 17.1 Å². The van der Waals surface area contributed by atoms with Crippen LogP contribution in [0.15, 0.2) is 24.4 Å². The van der Waals surface area contributed by atoms with Crippen molar-refractivity contribution in [3.63, 3.8) is 0 Å². The summed E-state index contributed by atoms with van der Waals surface area (Å²) >= 11 is 1.25. The Bertz CT molecular complexity index is 1300. The molecule has 3 heterocycles. The topological polar surface area (TPSA) is 72.3 Å². The molecule has 0 saturated heterocycles. The van der Waals surface area contributed by atoms with E-state index in [2.05, 4.69) is 20.3 Å². The van der Waals surface area contributed by atoms with Crippen LogP contribution < -0.4 is 10.1 Å². The zero-order valence-electron chi connectivity index (χ0n) is 21.4. The molecule has 204 valence electrons. The Kier molecular flexibility index (Phi) is 6.62. The molecule has 1 aromatic carbocycles. The highest BCUT2D eigenvalue weighted by Gasteiger charge is 2.52. The van der Waals surface area contributed by atoms with Crippen LogP contribution in [-0.2, 0) is 19.9 Å². The number of rotatable bonds is 7. The average molecular weight is 548 g/mol. The van der Waals surface area contributed by atoms with E-state index in [1.807, 2.05) is 31.4 Å². The number of nitrogens with one attached hydrogen (secondary N) is 1. The number of amides is 1. The molecular formula is C27H32F3N5O2S. The number of hydrogen-bond acceptors (Lipinski definition) is 6. The van der Waals surface area contributed by atoms with Crippen molar-refractivity contribution in [3.05, 3.63) is 40.5 Å². The van der Waals surface area contributed by atoms with E-state index in [1.54, 1.807) is 4.68 Å². The molecule has 2 aromatic heterocycles.